The van der Waals surface area contributed by atoms with Crippen LogP contribution in [-0.4, -0.2) is 34.0 Å². The van der Waals surface area contributed by atoms with E-state index in [9.17, 15) is 18.1 Å². The second-order valence-corrected chi connectivity index (χ2v) is 9.18. The van der Waals surface area contributed by atoms with Gasteiger partial charge in [-0.05, 0) is 40.7 Å². The quantitative estimate of drug-likeness (QED) is 0.399. The van der Waals surface area contributed by atoms with Gasteiger partial charge in [0.1, 0.15) is 10.6 Å². The molecule has 4 nitrogen and oxygen atoms in total. The van der Waals surface area contributed by atoms with Crippen LogP contribution in [0.15, 0.2) is 24.3 Å². The molecule has 154 valence electrons. The number of hydrogen-bond donors (Lipinski definition) is 1. The Morgan fingerprint density at radius 3 is 2.30 bits per heavy atom. The summed E-state index contributed by atoms with van der Waals surface area (Å²) in [6.07, 6.45) is -4.17. The summed E-state index contributed by atoms with van der Waals surface area (Å²) in [6.45, 7) is 6.83. The number of esters is 1. The lowest BCUT2D eigenvalue weighted by molar-refractivity contribution is -0.157. The van der Waals surface area contributed by atoms with E-state index >= 15 is 8.78 Å². The Hall–Kier alpha value is -1.32. The highest BCUT2D eigenvalue weighted by atomic mass is 32.2. The van der Waals surface area contributed by atoms with E-state index in [4.69, 9.17) is 0 Å². The van der Waals surface area contributed by atoms with Gasteiger partial charge in [0.25, 0.3) is 5.92 Å². The number of alkyl halides is 3. The van der Waals surface area contributed by atoms with Crippen LogP contribution in [0.4, 0.5) is 17.6 Å². The molecule has 0 saturated carbocycles. The summed E-state index contributed by atoms with van der Waals surface area (Å²) in [5.41, 5.74) is -3.02. The maximum absolute atomic E-state index is 15.1. The van der Waals surface area contributed by atoms with Gasteiger partial charge in [-0.2, -0.15) is 0 Å². The Labute approximate surface area is 160 Å². The Morgan fingerprint density at radius 2 is 1.81 bits per heavy atom. The zero-order chi connectivity index (χ0) is 21.0. The van der Waals surface area contributed by atoms with Crippen LogP contribution in [0.25, 0.3) is 0 Å². The minimum Gasteiger partial charge on any atom is -0.598 e. The van der Waals surface area contributed by atoms with Gasteiger partial charge in [-0.3, -0.25) is 0 Å². The van der Waals surface area contributed by atoms with Crippen molar-refractivity contribution >= 4 is 17.3 Å². The van der Waals surface area contributed by atoms with E-state index in [2.05, 4.69) is 9.46 Å². The zero-order valence-corrected chi connectivity index (χ0v) is 16.8. The highest BCUT2D eigenvalue weighted by molar-refractivity contribution is 7.90. The normalized spacial score (nSPS) is 17.1. The molecule has 1 rings (SSSR count). The number of nitrogens with one attached hydrogen (secondary N) is 1. The number of carbonyl (C=O) groups excluding carboxylic acids is 1. The Bertz CT molecular complexity index is 654. The van der Waals surface area contributed by atoms with Gasteiger partial charge >= 0.3 is 5.97 Å². The SMILES string of the molecule is CCOC(=O)C(F)CC(F)(F)[C@](C)(N[S+]([O-])C(C)(C)C)c1ccccc1F. The van der Waals surface area contributed by atoms with Gasteiger partial charge in [0.2, 0.25) is 6.17 Å². The van der Waals surface area contributed by atoms with E-state index < -0.39 is 57.5 Å². The number of hydrogen-bond acceptors (Lipinski definition) is 4. The predicted molar refractivity (Wildman–Crippen MR) is 95.9 cm³/mol. The molecular formula is C18H25F4NO3S. The molecule has 3 atom stereocenters. The zero-order valence-electron chi connectivity index (χ0n) is 15.9. The van der Waals surface area contributed by atoms with Gasteiger partial charge in [0.15, 0.2) is 5.54 Å². The fraction of sp³-hybridized carbons (Fsp3) is 0.611. The first kappa shape index (κ1) is 23.7. The first-order valence-corrected chi connectivity index (χ1v) is 9.54. The summed E-state index contributed by atoms with van der Waals surface area (Å²) < 4.78 is 76.9. The molecular weight excluding hydrogens is 386 g/mol. The minimum atomic E-state index is -3.97. The fourth-order valence-electron chi connectivity index (χ4n) is 2.28. The van der Waals surface area contributed by atoms with Crippen molar-refractivity contribution < 1.29 is 31.6 Å². The smallest absolute Gasteiger partial charge is 0.340 e. The van der Waals surface area contributed by atoms with Crippen LogP contribution in [0.2, 0.25) is 0 Å². The minimum absolute atomic E-state index is 0.165. The molecule has 1 aromatic rings. The van der Waals surface area contributed by atoms with Crippen LogP contribution in [0.5, 0.6) is 0 Å². The largest absolute Gasteiger partial charge is 0.598 e. The first-order chi connectivity index (χ1) is 12.3. The van der Waals surface area contributed by atoms with E-state index in [1.807, 2.05) is 0 Å². The van der Waals surface area contributed by atoms with Crippen molar-refractivity contribution in [1.82, 2.24) is 4.72 Å². The van der Waals surface area contributed by atoms with Gasteiger partial charge in [-0.1, -0.05) is 18.2 Å². The van der Waals surface area contributed by atoms with E-state index in [1.54, 1.807) is 20.8 Å². The van der Waals surface area contributed by atoms with Crippen molar-refractivity contribution in [2.45, 2.75) is 63.4 Å². The van der Waals surface area contributed by atoms with Crippen LogP contribution in [0, 0.1) is 5.82 Å². The lowest BCUT2D eigenvalue weighted by Gasteiger charge is -2.40. The van der Waals surface area contributed by atoms with Crippen LogP contribution in [0.1, 0.15) is 46.6 Å². The highest BCUT2D eigenvalue weighted by Gasteiger charge is 2.58. The first-order valence-electron chi connectivity index (χ1n) is 8.39. The fourth-order valence-corrected chi connectivity index (χ4v) is 3.21. The molecule has 1 aromatic carbocycles. The third kappa shape index (κ3) is 5.58. The average molecular weight is 411 g/mol. The van der Waals surface area contributed by atoms with Gasteiger partial charge in [-0.15, -0.1) is 4.72 Å². The molecule has 0 aliphatic rings. The maximum Gasteiger partial charge on any atom is 0.340 e. The van der Waals surface area contributed by atoms with Crippen LogP contribution >= 0.6 is 0 Å². The summed E-state index contributed by atoms with van der Waals surface area (Å²) >= 11 is -2.03. The van der Waals surface area contributed by atoms with E-state index in [1.165, 1.54) is 19.1 Å². The maximum atomic E-state index is 15.1. The average Bonchev–Trinajstić information content (AvgIpc) is 2.53. The van der Waals surface area contributed by atoms with Crippen LogP contribution in [0.3, 0.4) is 0 Å². The van der Waals surface area contributed by atoms with Crippen molar-refractivity contribution in [3.8, 4) is 0 Å². The molecule has 0 aromatic heterocycles. The van der Waals surface area contributed by atoms with E-state index in [0.717, 1.165) is 19.1 Å². The number of benzene rings is 1. The van der Waals surface area contributed by atoms with Crippen LogP contribution in [-0.2, 0) is 26.4 Å². The summed E-state index contributed by atoms with van der Waals surface area (Å²) in [6, 6.07) is 4.73. The molecule has 0 amide bonds. The molecule has 2 unspecified atom stereocenters. The Balaban J connectivity index is 3.35. The predicted octanol–water partition coefficient (Wildman–Crippen LogP) is 4.02. The molecule has 0 bridgehead atoms. The van der Waals surface area contributed by atoms with Crippen molar-refractivity contribution in [3.05, 3.63) is 35.6 Å². The Kier molecular flexibility index (Phi) is 7.72. The second-order valence-electron chi connectivity index (χ2n) is 7.22. The molecule has 0 heterocycles. The molecule has 9 heteroatoms. The van der Waals surface area contributed by atoms with Gasteiger partial charge in [0, 0.05) is 16.9 Å². The molecule has 27 heavy (non-hydrogen) atoms. The molecule has 0 saturated heterocycles. The van der Waals surface area contributed by atoms with E-state index in [-0.39, 0.29) is 6.61 Å². The van der Waals surface area contributed by atoms with Crippen LogP contribution < -0.4 is 4.72 Å². The summed E-state index contributed by atoms with van der Waals surface area (Å²) in [4.78, 5) is 11.4. The van der Waals surface area contributed by atoms with Crippen molar-refractivity contribution in [3.63, 3.8) is 0 Å². The standard InChI is InChI=1S/C18H25F4NO3S/c1-6-26-15(24)14(20)11-18(21,22)17(5,23-27(25)16(2,3)4)12-9-7-8-10-13(12)19/h7-10,14,23H,6,11H2,1-5H3/t14?,17-,27?/m1/s1. The van der Waals surface area contributed by atoms with Crippen molar-refractivity contribution in [2.24, 2.45) is 0 Å². The summed E-state index contributed by atoms with van der Waals surface area (Å²) in [7, 11) is 0. The number of rotatable bonds is 8. The lowest BCUT2D eigenvalue weighted by atomic mass is 9.83. The van der Waals surface area contributed by atoms with Gasteiger partial charge in [-0.25, -0.2) is 22.4 Å². The second kappa shape index (κ2) is 8.79. The molecule has 1 N–H and O–H groups in total. The molecule has 0 fully saturated rings. The summed E-state index contributed by atoms with van der Waals surface area (Å²) in [5, 5.41) is 0. The third-order valence-electron chi connectivity index (χ3n) is 3.97. The number of ether oxygens (including phenoxy) is 1. The van der Waals surface area contributed by atoms with Gasteiger partial charge < -0.3 is 9.29 Å². The van der Waals surface area contributed by atoms with Crippen molar-refractivity contribution in [2.75, 3.05) is 6.61 Å². The highest BCUT2D eigenvalue weighted by Crippen LogP contribution is 2.43. The summed E-state index contributed by atoms with van der Waals surface area (Å²) in [5.74, 6) is -6.36. The molecule has 0 aliphatic carbocycles. The number of halogens is 4. The van der Waals surface area contributed by atoms with Gasteiger partial charge in [0.05, 0.1) is 13.0 Å². The molecule has 0 radical (unpaired) electrons. The topological polar surface area (TPSA) is 61.4 Å². The molecule has 0 aliphatic heterocycles. The van der Waals surface area contributed by atoms with E-state index in [0.29, 0.717) is 0 Å². The lowest BCUT2D eigenvalue weighted by Crippen LogP contribution is -2.60. The molecule has 0 spiro atoms. The Morgan fingerprint density at radius 1 is 1.26 bits per heavy atom. The number of carbonyl (C=O) groups is 1. The monoisotopic (exact) mass is 411 g/mol. The van der Waals surface area contributed by atoms with Crippen molar-refractivity contribution in [1.29, 1.82) is 0 Å². The third-order valence-corrected chi connectivity index (χ3v) is 5.68.